The fourth-order valence-corrected chi connectivity index (χ4v) is 2.94. The number of hydrogen-bond donors (Lipinski definition) is 1. The minimum atomic E-state index is -0.533. The van der Waals surface area contributed by atoms with Gasteiger partial charge in [-0.2, -0.15) is 0 Å². The Hall–Kier alpha value is -3.23. The second-order valence-corrected chi connectivity index (χ2v) is 6.19. The molecule has 1 aliphatic heterocycles. The number of carbonyl (C=O) groups is 1. The molecule has 1 saturated heterocycles. The van der Waals surface area contributed by atoms with Gasteiger partial charge in [0.1, 0.15) is 18.1 Å². The van der Waals surface area contributed by atoms with Gasteiger partial charge in [0.2, 0.25) is 5.95 Å². The van der Waals surface area contributed by atoms with Crippen LogP contribution in [0.15, 0.2) is 36.7 Å². The Labute approximate surface area is 156 Å². The molecule has 9 nitrogen and oxygen atoms in total. The van der Waals surface area contributed by atoms with Crippen molar-refractivity contribution in [1.29, 1.82) is 0 Å². The molecule has 1 aromatic carbocycles. The van der Waals surface area contributed by atoms with Crippen LogP contribution < -0.4 is 10.1 Å². The van der Waals surface area contributed by atoms with Crippen molar-refractivity contribution in [2.24, 2.45) is 0 Å². The predicted molar refractivity (Wildman–Crippen MR) is 98.8 cm³/mol. The summed E-state index contributed by atoms with van der Waals surface area (Å²) in [6.07, 6.45) is 3.87. The van der Waals surface area contributed by atoms with Gasteiger partial charge >= 0.3 is 5.69 Å². The zero-order chi connectivity index (χ0) is 19.2. The molecule has 0 unspecified atom stereocenters. The number of anilines is 1. The highest BCUT2D eigenvalue weighted by molar-refractivity contribution is 5.94. The lowest BCUT2D eigenvalue weighted by Crippen LogP contribution is -2.42. The summed E-state index contributed by atoms with van der Waals surface area (Å²) in [6.45, 7) is 3.75. The van der Waals surface area contributed by atoms with Crippen LogP contribution in [0, 0.1) is 10.1 Å². The first-order valence-corrected chi connectivity index (χ1v) is 8.82. The number of carbonyl (C=O) groups excluding carboxylic acids is 1. The summed E-state index contributed by atoms with van der Waals surface area (Å²) in [5.74, 6) is 1.11. The van der Waals surface area contributed by atoms with Crippen molar-refractivity contribution in [1.82, 2.24) is 14.9 Å². The van der Waals surface area contributed by atoms with Gasteiger partial charge in [-0.1, -0.05) is 0 Å². The second-order valence-electron chi connectivity index (χ2n) is 6.19. The highest BCUT2D eigenvalue weighted by Crippen LogP contribution is 2.19. The number of nitro groups is 1. The van der Waals surface area contributed by atoms with E-state index in [0.717, 1.165) is 18.6 Å². The smallest absolute Gasteiger partial charge is 0.305 e. The van der Waals surface area contributed by atoms with E-state index in [1.807, 2.05) is 11.8 Å². The highest BCUT2D eigenvalue weighted by atomic mass is 16.6. The number of benzene rings is 1. The van der Waals surface area contributed by atoms with Crippen LogP contribution in [-0.2, 0) is 0 Å². The van der Waals surface area contributed by atoms with Gasteiger partial charge in [0.15, 0.2) is 0 Å². The number of nitrogens with zero attached hydrogens (tertiary/aromatic N) is 4. The Balaban J connectivity index is 1.52. The Morgan fingerprint density at radius 3 is 2.44 bits per heavy atom. The van der Waals surface area contributed by atoms with E-state index in [2.05, 4.69) is 15.3 Å². The summed E-state index contributed by atoms with van der Waals surface area (Å²) in [5.41, 5.74) is 0.500. The van der Waals surface area contributed by atoms with Crippen LogP contribution in [0.4, 0.5) is 11.6 Å². The third-order valence-electron chi connectivity index (χ3n) is 4.38. The van der Waals surface area contributed by atoms with E-state index in [9.17, 15) is 14.9 Å². The molecule has 0 radical (unpaired) electrons. The van der Waals surface area contributed by atoms with Gasteiger partial charge in [0.05, 0.1) is 11.5 Å². The first-order valence-electron chi connectivity index (χ1n) is 8.82. The lowest BCUT2D eigenvalue weighted by molar-refractivity contribution is -0.385. The third kappa shape index (κ3) is 4.69. The molecule has 1 fully saturated rings. The van der Waals surface area contributed by atoms with Crippen LogP contribution >= 0.6 is 0 Å². The van der Waals surface area contributed by atoms with Crippen molar-refractivity contribution in [3.05, 3.63) is 52.3 Å². The van der Waals surface area contributed by atoms with Crippen LogP contribution in [-0.4, -0.2) is 51.4 Å². The molecule has 27 heavy (non-hydrogen) atoms. The summed E-state index contributed by atoms with van der Waals surface area (Å²) >= 11 is 0. The summed E-state index contributed by atoms with van der Waals surface area (Å²) in [7, 11) is 0. The van der Waals surface area contributed by atoms with Crippen LogP contribution in [0.25, 0.3) is 0 Å². The molecule has 142 valence electrons. The Kier molecular flexibility index (Phi) is 5.80. The number of piperidine rings is 1. The Bertz CT molecular complexity index is 786. The summed E-state index contributed by atoms with van der Waals surface area (Å²) < 4.78 is 5.39. The quantitative estimate of drug-likeness (QED) is 0.613. The number of hydrogen-bond acceptors (Lipinski definition) is 7. The molecule has 1 aliphatic rings. The topological polar surface area (TPSA) is 110 Å². The van der Waals surface area contributed by atoms with Gasteiger partial charge in [-0.25, -0.2) is 9.97 Å². The van der Waals surface area contributed by atoms with Crippen LogP contribution in [0.1, 0.15) is 30.1 Å². The molecular weight excluding hydrogens is 350 g/mol. The number of amides is 1. The zero-order valence-electron chi connectivity index (χ0n) is 15.0. The molecule has 1 aromatic heterocycles. The first-order chi connectivity index (χ1) is 13.1. The number of likely N-dealkylation sites (tertiary alicyclic amines) is 1. The average molecular weight is 371 g/mol. The maximum absolute atomic E-state index is 12.6. The highest BCUT2D eigenvalue weighted by Gasteiger charge is 2.24. The standard InChI is InChI=1S/C18H21N5O4/c1-2-27-16-5-3-13(4-6-16)17(24)22-9-7-14(8-10-22)21-18-19-11-15(12-20-18)23(25)26/h3-6,11-12,14H,2,7-10H2,1H3,(H,19,20,21). The van der Waals surface area contributed by atoms with E-state index in [1.54, 1.807) is 24.3 Å². The van der Waals surface area contributed by atoms with E-state index >= 15 is 0 Å². The van der Waals surface area contributed by atoms with E-state index in [1.165, 1.54) is 12.4 Å². The van der Waals surface area contributed by atoms with Crippen molar-refractivity contribution in [2.45, 2.75) is 25.8 Å². The Morgan fingerprint density at radius 1 is 1.26 bits per heavy atom. The number of aromatic nitrogens is 2. The minimum Gasteiger partial charge on any atom is -0.494 e. The maximum atomic E-state index is 12.6. The molecule has 9 heteroatoms. The minimum absolute atomic E-state index is 0.00286. The summed E-state index contributed by atoms with van der Waals surface area (Å²) in [4.78, 5) is 32.5. The molecular formula is C18H21N5O4. The normalized spacial score (nSPS) is 14.6. The number of nitrogens with one attached hydrogen (secondary N) is 1. The zero-order valence-corrected chi connectivity index (χ0v) is 15.0. The molecule has 3 rings (SSSR count). The average Bonchev–Trinajstić information content (AvgIpc) is 2.69. The molecule has 1 amide bonds. The molecule has 2 heterocycles. The van der Waals surface area contributed by atoms with Gasteiger partial charge in [-0.05, 0) is 44.0 Å². The van der Waals surface area contributed by atoms with E-state index < -0.39 is 4.92 Å². The lowest BCUT2D eigenvalue weighted by atomic mass is 10.0. The van der Waals surface area contributed by atoms with Crippen molar-refractivity contribution >= 4 is 17.5 Å². The second kappa shape index (κ2) is 8.43. The van der Waals surface area contributed by atoms with Crippen molar-refractivity contribution < 1.29 is 14.5 Å². The monoisotopic (exact) mass is 371 g/mol. The molecule has 0 saturated carbocycles. The SMILES string of the molecule is CCOc1ccc(C(=O)N2CCC(Nc3ncc([N+](=O)[O-])cn3)CC2)cc1. The van der Waals surface area contributed by atoms with Gasteiger partial charge < -0.3 is 15.0 Å². The van der Waals surface area contributed by atoms with E-state index in [0.29, 0.717) is 31.2 Å². The number of rotatable bonds is 6. The van der Waals surface area contributed by atoms with Gasteiger partial charge in [-0.3, -0.25) is 14.9 Å². The van der Waals surface area contributed by atoms with Crippen LogP contribution in [0.5, 0.6) is 5.75 Å². The van der Waals surface area contributed by atoms with E-state index in [-0.39, 0.29) is 17.6 Å². The predicted octanol–water partition coefficient (Wildman–Crippen LogP) is 2.50. The molecule has 1 N–H and O–H groups in total. The van der Waals surface area contributed by atoms with E-state index in [4.69, 9.17) is 4.74 Å². The van der Waals surface area contributed by atoms with Gasteiger partial charge in [0, 0.05) is 24.7 Å². The third-order valence-corrected chi connectivity index (χ3v) is 4.38. The largest absolute Gasteiger partial charge is 0.494 e. The summed E-state index contributed by atoms with van der Waals surface area (Å²) in [5, 5.41) is 13.8. The first kappa shape index (κ1) is 18.6. The molecule has 2 aromatic rings. The molecule has 0 spiro atoms. The number of ether oxygens (including phenoxy) is 1. The van der Waals surface area contributed by atoms with Crippen LogP contribution in [0.3, 0.4) is 0 Å². The fraction of sp³-hybridized carbons (Fsp3) is 0.389. The summed E-state index contributed by atoms with van der Waals surface area (Å²) in [6, 6.07) is 7.29. The maximum Gasteiger partial charge on any atom is 0.305 e. The lowest BCUT2D eigenvalue weighted by Gasteiger charge is -2.32. The van der Waals surface area contributed by atoms with Crippen molar-refractivity contribution in [2.75, 3.05) is 25.0 Å². The van der Waals surface area contributed by atoms with Crippen molar-refractivity contribution in [3.8, 4) is 5.75 Å². The molecule has 0 aliphatic carbocycles. The van der Waals surface area contributed by atoms with Gasteiger partial charge in [0.25, 0.3) is 5.91 Å². The van der Waals surface area contributed by atoms with Crippen molar-refractivity contribution in [3.63, 3.8) is 0 Å². The fourth-order valence-electron chi connectivity index (χ4n) is 2.94. The molecule has 0 atom stereocenters. The van der Waals surface area contributed by atoms with Crippen LogP contribution in [0.2, 0.25) is 0 Å². The van der Waals surface area contributed by atoms with Gasteiger partial charge in [-0.15, -0.1) is 0 Å². The molecule has 0 bridgehead atoms. The Morgan fingerprint density at radius 2 is 1.89 bits per heavy atom.